The molecule has 0 aliphatic carbocycles. The molecule has 0 heterocycles. The van der Waals surface area contributed by atoms with Crippen molar-refractivity contribution in [2.45, 2.75) is 13.0 Å². The highest BCUT2D eigenvalue weighted by molar-refractivity contribution is 6.34. The Kier molecular flexibility index (Phi) is 5.56. The molecule has 9 heteroatoms. The van der Waals surface area contributed by atoms with Gasteiger partial charge in [-0.1, -0.05) is 11.6 Å². The Morgan fingerprint density at radius 2 is 1.88 bits per heavy atom. The van der Waals surface area contributed by atoms with Crippen LogP contribution in [0.5, 0.6) is 5.75 Å². The normalized spacial score (nSPS) is 11.4. The summed E-state index contributed by atoms with van der Waals surface area (Å²) >= 11 is 5.89. The summed E-state index contributed by atoms with van der Waals surface area (Å²) in [5, 5.41) is 22.3. The van der Waals surface area contributed by atoms with Gasteiger partial charge in [-0.3, -0.25) is 14.9 Å². The number of aromatic hydroxyl groups is 1. The van der Waals surface area contributed by atoms with Gasteiger partial charge in [-0.25, -0.2) is 4.79 Å². The molecule has 0 aliphatic rings. The number of nitro benzene ring substituents is 1. The van der Waals surface area contributed by atoms with Crippen LogP contribution in [0.4, 0.5) is 11.4 Å². The van der Waals surface area contributed by atoms with Gasteiger partial charge in [0.2, 0.25) is 0 Å². The molecular formula is C16H13ClN2O6. The number of carbonyl (C=O) groups is 2. The Balaban J connectivity index is 2.01. The summed E-state index contributed by atoms with van der Waals surface area (Å²) in [5.74, 6) is -1.39. The molecule has 0 spiro atoms. The highest BCUT2D eigenvalue weighted by atomic mass is 35.5. The molecule has 2 N–H and O–H groups in total. The van der Waals surface area contributed by atoms with E-state index in [-0.39, 0.29) is 27.7 Å². The number of nitro groups is 1. The number of phenols is 1. The first-order chi connectivity index (χ1) is 11.8. The van der Waals surface area contributed by atoms with Crippen LogP contribution in [0.2, 0.25) is 5.02 Å². The molecule has 2 rings (SSSR count). The Morgan fingerprint density at radius 3 is 2.44 bits per heavy atom. The predicted molar refractivity (Wildman–Crippen MR) is 89.7 cm³/mol. The number of nitrogens with one attached hydrogen (secondary N) is 1. The average molecular weight is 365 g/mol. The molecule has 0 saturated heterocycles. The fraction of sp³-hybridized carbons (Fsp3) is 0.125. The molecule has 0 saturated carbocycles. The average Bonchev–Trinajstić information content (AvgIpc) is 2.56. The largest absolute Gasteiger partial charge is 0.508 e. The van der Waals surface area contributed by atoms with Crippen LogP contribution in [0, 0.1) is 10.1 Å². The fourth-order valence-electron chi connectivity index (χ4n) is 1.83. The number of ether oxygens (including phenoxy) is 1. The number of carbonyl (C=O) groups excluding carboxylic acids is 2. The zero-order chi connectivity index (χ0) is 18.6. The molecule has 2 aromatic rings. The van der Waals surface area contributed by atoms with Crippen molar-refractivity contribution in [3.63, 3.8) is 0 Å². The van der Waals surface area contributed by atoms with Crippen LogP contribution in [-0.4, -0.2) is 28.0 Å². The Labute approximate surface area is 147 Å². The van der Waals surface area contributed by atoms with Crippen molar-refractivity contribution in [3.05, 3.63) is 63.2 Å². The molecule has 0 bridgehead atoms. The van der Waals surface area contributed by atoms with E-state index in [0.29, 0.717) is 0 Å². The van der Waals surface area contributed by atoms with Gasteiger partial charge in [0, 0.05) is 12.1 Å². The van der Waals surface area contributed by atoms with Gasteiger partial charge in [0.25, 0.3) is 11.6 Å². The number of non-ortho nitro benzene ring substituents is 1. The van der Waals surface area contributed by atoms with Crippen molar-refractivity contribution < 1.29 is 24.4 Å². The van der Waals surface area contributed by atoms with Crippen LogP contribution in [0.3, 0.4) is 0 Å². The lowest BCUT2D eigenvalue weighted by Crippen LogP contribution is -2.30. The van der Waals surface area contributed by atoms with Crippen molar-refractivity contribution in [1.82, 2.24) is 0 Å². The minimum absolute atomic E-state index is 0.00449. The maximum atomic E-state index is 12.1. The SMILES string of the molecule is CC(OC(=O)c1ccc(O)cc1)C(=O)Nc1ccc([N+](=O)[O-])cc1Cl. The molecule has 2 aromatic carbocycles. The monoisotopic (exact) mass is 364 g/mol. The number of hydrogen-bond donors (Lipinski definition) is 2. The van der Waals surface area contributed by atoms with Crippen LogP contribution in [0.25, 0.3) is 0 Å². The first-order valence-corrected chi connectivity index (χ1v) is 7.40. The van der Waals surface area contributed by atoms with Gasteiger partial charge >= 0.3 is 5.97 Å². The number of nitrogens with zero attached hydrogens (tertiary/aromatic N) is 1. The van der Waals surface area contributed by atoms with Crippen LogP contribution in [-0.2, 0) is 9.53 Å². The zero-order valence-corrected chi connectivity index (χ0v) is 13.7. The molecule has 1 atom stereocenters. The third-order valence-corrected chi connectivity index (χ3v) is 3.49. The molecule has 8 nitrogen and oxygen atoms in total. The van der Waals surface area contributed by atoms with Gasteiger partial charge in [0.1, 0.15) is 5.75 Å². The summed E-state index contributed by atoms with van der Waals surface area (Å²) in [5.41, 5.74) is 0.116. The van der Waals surface area contributed by atoms with Gasteiger partial charge in [-0.05, 0) is 37.3 Å². The first-order valence-electron chi connectivity index (χ1n) is 7.02. The van der Waals surface area contributed by atoms with Crippen molar-refractivity contribution in [2.24, 2.45) is 0 Å². The van der Waals surface area contributed by atoms with Crippen LogP contribution < -0.4 is 5.32 Å². The van der Waals surface area contributed by atoms with E-state index in [4.69, 9.17) is 16.3 Å². The summed E-state index contributed by atoms with van der Waals surface area (Å²) < 4.78 is 5.03. The zero-order valence-electron chi connectivity index (χ0n) is 12.9. The Hall–Kier alpha value is -3.13. The van der Waals surface area contributed by atoms with Crippen LogP contribution in [0.1, 0.15) is 17.3 Å². The van der Waals surface area contributed by atoms with E-state index in [1.807, 2.05) is 0 Å². The maximum Gasteiger partial charge on any atom is 0.338 e. The van der Waals surface area contributed by atoms with Crippen LogP contribution in [0.15, 0.2) is 42.5 Å². The second-order valence-corrected chi connectivity index (χ2v) is 5.41. The minimum atomic E-state index is -1.13. The van der Waals surface area contributed by atoms with E-state index < -0.39 is 22.9 Å². The Bertz CT molecular complexity index is 822. The third kappa shape index (κ3) is 4.67. The molecule has 0 fully saturated rings. The molecule has 1 unspecified atom stereocenters. The van der Waals surface area contributed by atoms with Crippen molar-refractivity contribution in [1.29, 1.82) is 0 Å². The summed E-state index contributed by atoms with van der Waals surface area (Å²) in [6.45, 7) is 1.37. The van der Waals surface area contributed by atoms with Gasteiger partial charge in [-0.2, -0.15) is 0 Å². The summed E-state index contributed by atoms with van der Waals surface area (Å²) in [6.07, 6.45) is -1.13. The third-order valence-electron chi connectivity index (χ3n) is 3.18. The van der Waals surface area contributed by atoms with E-state index in [0.717, 1.165) is 6.07 Å². The summed E-state index contributed by atoms with van der Waals surface area (Å²) in [7, 11) is 0. The highest BCUT2D eigenvalue weighted by Crippen LogP contribution is 2.26. The van der Waals surface area contributed by atoms with Crippen molar-refractivity contribution in [2.75, 3.05) is 5.32 Å². The lowest BCUT2D eigenvalue weighted by atomic mass is 10.2. The van der Waals surface area contributed by atoms with E-state index in [2.05, 4.69) is 5.32 Å². The second-order valence-electron chi connectivity index (χ2n) is 5.00. The maximum absolute atomic E-state index is 12.1. The smallest absolute Gasteiger partial charge is 0.338 e. The predicted octanol–water partition coefficient (Wildman–Crippen LogP) is 3.14. The van der Waals surface area contributed by atoms with Crippen molar-refractivity contribution >= 4 is 34.9 Å². The quantitative estimate of drug-likeness (QED) is 0.478. The standard InChI is InChI=1S/C16H13ClN2O6/c1-9(25-16(22)10-2-5-12(20)6-3-10)15(21)18-14-7-4-11(19(23)24)8-13(14)17/h2-9,20H,1H3,(H,18,21). The van der Waals surface area contributed by atoms with E-state index >= 15 is 0 Å². The fourth-order valence-corrected chi connectivity index (χ4v) is 2.05. The van der Waals surface area contributed by atoms with E-state index in [9.17, 15) is 24.8 Å². The first kappa shape index (κ1) is 18.2. The number of anilines is 1. The van der Waals surface area contributed by atoms with E-state index in [1.54, 1.807) is 0 Å². The molecule has 0 aliphatic heterocycles. The van der Waals surface area contributed by atoms with Crippen LogP contribution >= 0.6 is 11.6 Å². The van der Waals surface area contributed by atoms with Gasteiger partial charge in [0.05, 0.1) is 21.2 Å². The number of benzene rings is 2. The molecule has 1 amide bonds. The van der Waals surface area contributed by atoms with Gasteiger partial charge < -0.3 is 15.2 Å². The molecule has 0 radical (unpaired) electrons. The number of hydrogen-bond acceptors (Lipinski definition) is 6. The van der Waals surface area contributed by atoms with E-state index in [1.165, 1.54) is 43.3 Å². The lowest BCUT2D eigenvalue weighted by Gasteiger charge is -2.14. The molecule has 130 valence electrons. The molecule has 0 aromatic heterocycles. The highest BCUT2D eigenvalue weighted by Gasteiger charge is 2.20. The second kappa shape index (κ2) is 7.63. The van der Waals surface area contributed by atoms with Crippen molar-refractivity contribution in [3.8, 4) is 5.75 Å². The number of amides is 1. The number of rotatable bonds is 5. The lowest BCUT2D eigenvalue weighted by molar-refractivity contribution is -0.384. The molecular weight excluding hydrogens is 352 g/mol. The summed E-state index contributed by atoms with van der Waals surface area (Å²) in [4.78, 5) is 34.1. The number of esters is 1. The number of halogens is 1. The minimum Gasteiger partial charge on any atom is -0.508 e. The Morgan fingerprint density at radius 1 is 1.24 bits per heavy atom. The summed E-state index contributed by atoms with van der Waals surface area (Å²) in [6, 6.07) is 8.92. The number of phenolic OH excluding ortho intramolecular Hbond substituents is 1. The van der Waals surface area contributed by atoms with Gasteiger partial charge in [-0.15, -0.1) is 0 Å². The van der Waals surface area contributed by atoms with Gasteiger partial charge in [0.15, 0.2) is 6.10 Å². The molecule has 25 heavy (non-hydrogen) atoms. The topological polar surface area (TPSA) is 119 Å².